The van der Waals surface area contributed by atoms with Crippen molar-refractivity contribution in [2.45, 2.75) is 12.1 Å². The van der Waals surface area contributed by atoms with Crippen LogP contribution >= 0.6 is 0 Å². The highest BCUT2D eigenvalue weighted by Crippen LogP contribution is 2.06. The number of aliphatic hydroxyl groups excluding tert-OH is 2. The predicted molar refractivity (Wildman–Crippen MR) is 78.4 cm³/mol. The molecule has 0 bridgehead atoms. The largest absolute Gasteiger partial charge is 0.480 e. The molecule has 1 aromatic rings. The third kappa shape index (κ3) is 5.04. The smallest absolute Gasteiger partial charge is 0.328 e. The maximum absolute atomic E-state index is 11.9. The molecule has 10 heteroatoms. The number of hydrogen-bond donors (Lipinski definition) is 6. The first kappa shape index (κ1) is 19.1. The van der Waals surface area contributed by atoms with Crippen molar-refractivity contribution in [2.75, 3.05) is 13.2 Å². The lowest BCUT2D eigenvalue weighted by Gasteiger charge is -2.13. The summed E-state index contributed by atoms with van der Waals surface area (Å²) in [6.45, 7) is -1.61. The maximum Gasteiger partial charge on any atom is 0.328 e. The van der Waals surface area contributed by atoms with Crippen LogP contribution < -0.4 is 10.6 Å². The Morgan fingerprint density at radius 3 is 1.50 bits per heavy atom. The van der Waals surface area contributed by atoms with Gasteiger partial charge in [-0.15, -0.1) is 0 Å². The van der Waals surface area contributed by atoms with E-state index in [4.69, 9.17) is 20.4 Å². The molecule has 2 atom stereocenters. The van der Waals surface area contributed by atoms with Gasteiger partial charge in [0.05, 0.1) is 13.2 Å². The minimum absolute atomic E-state index is 0.0572. The molecule has 0 aliphatic heterocycles. The van der Waals surface area contributed by atoms with E-state index >= 15 is 0 Å². The van der Waals surface area contributed by atoms with E-state index in [9.17, 15) is 19.2 Å². The molecule has 0 fully saturated rings. The molecule has 0 saturated heterocycles. The molecule has 0 aliphatic rings. The van der Waals surface area contributed by atoms with Crippen molar-refractivity contribution in [3.8, 4) is 0 Å². The maximum atomic E-state index is 11.9. The number of amides is 2. The summed E-state index contributed by atoms with van der Waals surface area (Å²) in [4.78, 5) is 45.4. The number of nitrogens with one attached hydrogen (secondary N) is 2. The van der Waals surface area contributed by atoms with Gasteiger partial charge in [0.2, 0.25) is 0 Å². The summed E-state index contributed by atoms with van der Waals surface area (Å²) in [7, 11) is 0. The molecule has 0 radical (unpaired) electrons. The van der Waals surface area contributed by atoms with Crippen LogP contribution in [0.5, 0.6) is 0 Å². The van der Waals surface area contributed by atoms with E-state index in [2.05, 4.69) is 10.6 Å². The average Bonchev–Trinajstić information content (AvgIpc) is 2.56. The Morgan fingerprint density at radius 2 is 1.21 bits per heavy atom. The normalized spacial score (nSPS) is 12.8. The zero-order chi connectivity index (χ0) is 18.3. The minimum Gasteiger partial charge on any atom is -0.480 e. The van der Waals surface area contributed by atoms with E-state index in [1.54, 1.807) is 0 Å². The Bertz CT molecular complexity index is 594. The molecular formula is C14H16N2O8. The SMILES string of the molecule is O=C(N[C@@H](CO)C(=O)O)c1cccc(C(=O)N[C@H](CO)C(=O)O)c1. The molecule has 6 N–H and O–H groups in total. The third-order valence-corrected chi connectivity index (χ3v) is 2.96. The van der Waals surface area contributed by atoms with Gasteiger partial charge < -0.3 is 31.1 Å². The summed E-state index contributed by atoms with van der Waals surface area (Å²) >= 11 is 0. The van der Waals surface area contributed by atoms with E-state index in [0.29, 0.717) is 0 Å². The number of benzene rings is 1. The first-order chi connectivity index (χ1) is 11.3. The van der Waals surface area contributed by atoms with Gasteiger partial charge in [-0.2, -0.15) is 0 Å². The van der Waals surface area contributed by atoms with Gasteiger partial charge in [0.25, 0.3) is 11.8 Å². The monoisotopic (exact) mass is 340 g/mol. The van der Waals surface area contributed by atoms with Crippen molar-refractivity contribution in [3.63, 3.8) is 0 Å². The number of hydrogen-bond acceptors (Lipinski definition) is 6. The number of carbonyl (C=O) groups excluding carboxylic acids is 2. The van der Waals surface area contributed by atoms with E-state index in [-0.39, 0.29) is 11.1 Å². The van der Waals surface area contributed by atoms with E-state index < -0.39 is 49.1 Å². The highest BCUT2D eigenvalue weighted by atomic mass is 16.4. The molecule has 130 valence electrons. The zero-order valence-corrected chi connectivity index (χ0v) is 12.3. The minimum atomic E-state index is -1.50. The second-order valence-corrected chi connectivity index (χ2v) is 4.67. The number of aliphatic carboxylic acids is 2. The summed E-state index contributed by atoms with van der Waals surface area (Å²) < 4.78 is 0. The molecular weight excluding hydrogens is 324 g/mol. The van der Waals surface area contributed by atoms with E-state index in [0.717, 1.165) is 6.07 Å². The lowest BCUT2D eigenvalue weighted by Crippen LogP contribution is -2.44. The third-order valence-electron chi connectivity index (χ3n) is 2.96. The van der Waals surface area contributed by atoms with Crippen LogP contribution in [-0.4, -0.2) is 69.5 Å². The summed E-state index contributed by atoms with van der Waals surface area (Å²) in [6, 6.07) is 2.08. The molecule has 0 unspecified atom stereocenters. The van der Waals surface area contributed by atoms with Crippen LogP contribution in [0.4, 0.5) is 0 Å². The molecule has 0 aromatic heterocycles. The predicted octanol–water partition coefficient (Wildman–Crippen LogP) is -1.96. The average molecular weight is 340 g/mol. The number of rotatable bonds is 8. The Kier molecular flexibility index (Phi) is 6.83. The summed E-state index contributed by atoms with van der Waals surface area (Å²) in [6.07, 6.45) is 0. The van der Waals surface area contributed by atoms with Gasteiger partial charge in [-0.3, -0.25) is 9.59 Å². The van der Waals surface area contributed by atoms with Crippen molar-refractivity contribution < 1.29 is 39.6 Å². The van der Waals surface area contributed by atoms with Crippen LogP contribution in [0.1, 0.15) is 20.7 Å². The van der Waals surface area contributed by atoms with Gasteiger partial charge in [-0.05, 0) is 18.2 Å². The number of aliphatic hydroxyl groups is 2. The number of carbonyl (C=O) groups is 4. The summed E-state index contributed by atoms with van der Waals surface area (Å²) in [5.74, 6) is -4.51. The molecule has 10 nitrogen and oxygen atoms in total. The van der Waals surface area contributed by atoms with Crippen molar-refractivity contribution in [3.05, 3.63) is 35.4 Å². The zero-order valence-electron chi connectivity index (χ0n) is 12.3. The van der Waals surface area contributed by atoms with Crippen LogP contribution in [0.3, 0.4) is 0 Å². The Balaban J connectivity index is 2.89. The number of carboxylic acid groups (broad SMARTS) is 2. The second-order valence-electron chi connectivity index (χ2n) is 4.67. The Hall–Kier alpha value is -2.98. The molecule has 0 aliphatic carbocycles. The van der Waals surface area contributed by atoms with Crippen molar-refractivity contribution in [1.82, 2.24) is 10.6 Å². The first-order valence-corrected chi connectivity index (χ1v) is 6.69. The molecule has 0 saturated carbocycles. The molecule has 2 amide bonds. The highest BCUT2D eigenvalue weighted by Gasteiger charge is 2.22. The molecule has 0 heterocycles. The fourth-order valence-electron chi connectivity index (χ4n) is 1.66. The van der Waals surface area contributed by atoms with Crippen LogP contribution in [0, 0.1) is 0 Å². The van der Waals surface area contributed by atoms with E-state index in [1.807, 2.05) is 0 Å². The van der Waals surface area contributed by atoms with Crippen molar-refractivity contribution >= 4 is 23.8 Å². The van der Waals surface area contributed by atoms with Gasteiger partial charge in [0.1, 0.15) is 0 Å². The topological polar surface area (TPSA) is 173 Å². The quantitative estimate of drug-likeness (QED) is 0.316. The van der Waals surface area contributed by atoms with Gasteiger partial charge in [0.15, 0.2) is 12.1 Å². The first-order valence-electron chi connectivity index (χ1n) is 6.69. The lowest BCUT2D eigenvalue weighted by atomic mass is 10.1. The number of carboxylic acids is 2. The fraction of sp³-hybridized carbons (Fsp3) is 0.286. The van der Waals surface area contributed by atoms with E-state index in [1.165, 1.54) is 18.2 Å². The fourth-order valence-corrected chi connectivity index (χ4v) is 1.66. The van der Waals surface area contributed by atoms with Crippen molar-refractivity contribution in [1.29, 1.82) is 0 Å². The lowest BCUT2D eigenvalue weighted by molar-refractivity contribution is -0.141. The highest BCUT2D eigenvalue weighted by molar-refractivity contribution is 6.01. The van der Waals surface area contributed by atoms with Crippen LogP contribution in [-0.2, 0) is 9.59 Å². The van der Waals surface area contributed by atoms with Gasteiger partial charge in [0, 0.05) is 11.1 Å². The standard InChI is InChI=1S/C14H16N2O8/c17-5-9(13(21)22)15-11(19)7-2-1-3-8(4-7)12(20)16-10(6-18)14(23)24/h1-4,9-10,17-18H,5-6H2,(H,15,19)(H,16,20)(H,21,22)(H,23,24)/t9-,10+. The molecule has 1 rings (SSSR count). The molecule has 1 aromatic carbocycles. The summed E-state index contributed by atoms with van der Waals surface area (Å²) in [5.41, 5.74) is -0.114. The van der Waals surface area contributed by atoms with Crippen LogP contribution in [0.25, 0.3) is 0 Å². The Morgan fingerprint density at radius 1 is 0.833 bits per heavy atom. The summed E-state index contributed by atoms with van der Waals surface area (Å²) in [5, 5.41) is 39.4. The van der Waals surface area contributed by atoms with Crippen molar-refractivity contribution in [2.24, 2.45) is 0 Å². The van der Waals surface area contributed by atoms with Gasteiger partial charge in [-0.25, -0.2) is 9.59 Å². The van der Waals surface area contributed by atoms with Gasteiger partial charge in [-0.1, -0.05) is 6.07 Å². The van der Waals surface area contributed by atoms with Gasteiger partial charge >= 0.3 is 11.9 Å². The molecule has 24 heavy (non-hydrogen) atoms. The second kappa shape index (κ2) is 8.60. The van der Waals surface area contributed by atoms with Crippen LogP contribution in [0.15, 0.2) is 24.3 Å². The Labute approximate surface area is 135 Å². The van der Waals surface area contributed by atoms with Crippen LogP contribution in [0.2, 0.25) is 0 Å². The molecule has 0 spiro atoms.